The van der Waals surface area contributed by atoms with Gasteiger partial charge in [0.2, 0.25) is 5.91 Å². The topological polar surface area (TPSA) is 83.5 Å². The van der Waals surface area contributed by atoms with Crippen LogP contribution in [0.15, 0.2) is 30.3 Å². The lowest BCUT2D eigenvalue weighted by Crippen LogP contribution is -2.19. The van der Waals surface area contributed by atoms with Crippen LogP contribution in [0.1, 0.15) is 37.7 Å². The quantitative estimate of drug-likeness (QED) is 0.873. The predicted octanol–water partition coefficient (Wildman–Crippen LogP) is 2.20. The van der Waals surface area contributed by atoms with Crippen molar-refractivity contribution in [2.24, 2.45) is 5.92 Å². The van der Waals surface area contributed by atoms with E-state index in [1.807, 2.05) is 30.3 Å². The van der Waals surface area contributed by atoms with Gasteiger partial charge in [0.15, 0.2) is 0 Å². The average molecular weight is 305 g/mol. The number of hydrogen-bond acceptors (Lipinski definition) is 3. The van der Waals surface area contributed by atoms with E-state index in [0.29, 0.717) is 19.3 Å². The zero-order chi connectivity index (χ0) is 16.4. The van der Waals surface area contributed by atoms with Crippen LogP contribution in [0.3, 0.4) is 0 Å². The number of carbonyl (C=O) groups is 3. The van der Waals surface area contributed by atoms with Gasteiger partial charge in [-0.05, 0) is 24.8 Å². The Labute approximate surface area is 130 Å². The van der Waals surface area contributed by atoms with Crippen molar-refractivity contribution in [3.05, 3.63) is 35.9 Å². The van der Waals surface area contributed by atoms with Gasteiger partial charge in [-0.3, -0.25) is 14.4 Å². The Kier molecular flexibility index (Phi) is 7.89. The SMILES string of the molecule is CNC(=O)Cc1ccccc1.O=C(O)CCC1CCCC1=O. The highest BCUT2D eigenvalue weighted by atomic mass is 16.4. The highest BCUT2D eigenvalue weighted by Gasteiger charge is 2.24. The maximum atomic E-state index is 11.0. The summed E-state index contributed by atoms with van der Waals surface area (Å²) in [6.07, 6.45) is 3.64. The number of carbonyl (C=O) groups excluding carboxylic acids is 2. The maximum absolute atomic E-state index is 11.0. The first-order valence-electron chi connectivity index (χ1n) is 7.52. The van der Waals surface area contributed by atoms with Gasteiger partial charge >= 0.3 is 5.97 Å². The van der Waals surface area contributed by atoms with Crippen molar-refractivity contribution in [2.75, 3.05) is 7.05 Å². The van der Waals surface area contributed by atoms with E-state index < -0.39 is 5.97 Å². The van der Waals surface area contributed by atoms with Crippen LogP contribution < -0.4 is 5.32 Å². The molecule has 22 heavy (non-hydrogen) atoms. The van der Waals surface area contributed by atoms with Gasteiger partial charge in [0.25, 0.3) is 0 Å². The Hall–Kier alpha value is -2.17. The van der Waals surface area contributed by atoms with Crippen molar-refractivity contribution in [3.63, 3.8) is 0 Å². The number of ketones is 1. The largest absolute Gasteiger partial charge is 0.481 e. The minimum absolute atomic E-state index is 0.0473. The summed E-state index contributed by atoms with van der Waals surface area (Å²) in [5, 5.41) is 10.9. The predicted molar refractivity (Wildman–Crippen MR) is 83.4 cm³/mol. The summed E-state index contributed by atoms with van der Waals surface area (Å²) in [7, 11) is 1.64. The normalized spacial score (nSPS) is 16.6. The Morgan fingerprint density at radius 3 is 2.45 bits per heavy atom. The third-order valence-corrected chi connectivity index (χ3v) is 3.62. The fraction of sp³-hybridized carbons (Fsp3) is 0.471. The van der Waals surface area contributed by atoms with E-state index in [4.69, 9.17) is 5.11 Å². The Balaban J connectivity index is 0.000000220. The highest BCUT2D eigenvalue weighted by molar-refractivity contribution is 5.83. The molecule has 5 nitrogen and oxygen atoms in total. The number of aliphatic carboxylic acids is 1. The number of benzene rings is 1. The summed E-state index contributed by atoms with van der Waals surface area (Å²) >= 11 is 0. The first-order chi connectivity index (χ1) is 10.5. The summed E-state index contributed by atoms with van der Waals surface area (Å²) in [5.74, 6) is -0.446. The molecule has 1 fully saturated rings. The third kappa shape index (κ3) is 7.02. The van der Waals surface area contributed by atoms with Gasteiger partial charge in [0.05, 0.1) is 6.42 Å². The van der Waals surface area contributed by atoms with Crippen molar-refractivity contribution in [1.29, 1.82) is 0 Å². The van der Waals surface area contributed by atoms with Crippen molar-refractivity contribution in [3.8, 4) is 0 Å². The van der Waals surface area contributed by atoms with Gasteiger partial charge < -0.3 is 10.4 Å². The van der Waals surface area contributed by atoms with Crippen LogP contribution in [0.5, 0.6) is 0 Å². The lowest BCUT2D eigenvalue weighted by molar-refractivity contribution is -0.137. The summed E-state index contributed by atoms with van der Waals surface area (Å²) < 4.78 is 0. The standard InChI is InChI=1S/C9H11NO.C8H12O3/c1-10-9(11)7-8-5-3-2-4-6-8;9-7-3-1-2-6(7)4-5-8(10)11/h2-6H,7H2,1H3,(H,10,11);6H,1-5H2,(H,10,11). The van der Waals surface area contributed by atoms with Gasteiger partial charge in [-0.1, -0.05) is 30.3 Å². The highest BCUT2D eigenvalue weighted by Crippen LogP contribution is 2.25. The molecule has 1 aliphatic carbocycles. The molecule has 2 rings (SSSR count). The minimum Gasteiger partial charge on any atom is -0.481 e. The summed E-state index contributed by atoms with van der Waals surface area (Å²) in [6, 6.07) is 9.67. The smallest absolute Gasteiger partial charge is 0.303 e. The van der Waals surface area contributed by atoms with Crippen LogP contribution in [0.4, 0.5) is 0 Å². The maximum Gasteiger partial charge on any atom is 0.303 e. The number of likely N-dealkylation sites (N-methyl/N-ethyl adjacent to an activating group) is 1. The molecule has 1 saturated carbocycles. The minimum atomic E-state index is -0.801. The third-order valence-electron chi connectivity index (χ3n) is 3.62. The van der Waals surface area contributed by atoms with Crippen LogP contribution in [0.2, 0.25) is 0 Å². The summed E-state index contributed by atoms with van der Waals surface area (Å²) in [4.78, 5) is 32.0. The second kappa shape index (κ2) is 9.71. The first kappa shape index (κ1) is 17.9. The molecule has 1 atom stereocenters. The van der Waals surface area contributed by atoms with Gasteiger partial charge in [0, 0.05) is 25.8 Å². The van der Waals surface area contributed by atoms with E-state index in [2.05, 4.69) is 5.32 Å². The molecule has 1 aromatic rings. The number of carboxylic acids is 1. The van der Waals surface area contributed by atoms with Crippen LogP contribution in [-0.4, -0.2) is 29.8 Å². The lowest BCUT2D eigenvalue weighted by atomic mass is 10.0. The van der Waals surface area contributed by atoms with Gasteiger partial charge in [-0.2, -0.15) is 0 Å². The van der Waals surface area contributed by atoms with E-state index in [9.17, 15) is 14.4 Å². The number of nitrogens with one attached hydrogen (secondary N) is 1. The molecule has 0 aliphatic heterocycles. The molecule has 0 bridgehead atoms. The number of carboxylic acid groups (broad SMARTS) is 1. The molecule has 1 aliphatic rings. The van der Waals surface area contributed by atoms with Crippen molar-refractivity contribution in [1.82, 2.24) is 5.32 Å². The van der Waals surface area contributed by atoms with Crippen LogP contribution in [-0.2, 0) is 20.8 Å². The molecule has 0 saturated heterocycles. The van der Waals surface area contributed by atoms with E-state index in [1.54, 1.807) is 7.05 Å². The second-order valence-electron chi connectivity index (χ2n) is 5.32. The zero-order valence-electron chi connectivity index (χ0n) is 12.9. The average Bonchev–Trinajstić information content (AvgIpc) is 2.92. The molecule has 0 aromatic heterocycles. The molecule has 1 amide bonds. The number of hydrogen-bond donors (Lipinski definition) is 2. The molecule has 0 spiro atoms. The van der Waals surface area contributed by atoms with Gasteiger partial charge in [-0.25, -0.2) is 0 Å². The second-order valence-corrected chi connectivity index (χ2v) is 5.32. The first-order valence-corrected chi connectivity index (χ1v) is 7.52. The van der Waals surface area contributed by atoms with Gasteiger partial charge in [-0.15, -0.1) is 0 Å². The molecule has 1 unspecified atom stereocenters. The van der Waals surface area contributed by atoms with Crippen LogP contribution in [0, 0.1) is 5.92 Å². The van der Waals surface area contributed by atoms with Crippen molar-refractivity contribution < 1.29 is 19.5 Å². The fourth-order valence-electron chi connectivity index (χ4n) is 2.36. The van der Waals surface area contributed by atoms with Crippen LogP contribution >= 0.6 is 0 Å². The number of Topliss-reactive ketones (excluding diaryl/α,β-unsaturated/α-hetero) is 1. The Morgan fingerprint density at radius 2 is 1.95 bits per heavy atom. The molecule has 0 heterocycles. The molecular formula is C17H23NO4. The lowest BCUT2D eigenvalue weighted by Gasteiger charge is -2.03. The molecule has 120 valence electrons. The summed E-state index contributed by atoms with van der Waals surface area (Å²) in [6.45, 7) is 0. The van der Waals surface area contributed by atoms with Crippen molar-refractivity contribution in [2.45, 2.75) is 38.5 Å². The van der Waals surface area contributed by atoms with Gasteiger partial charge in [0.1, 0.15) is 5.78 Å². The zero-order valence-corrected chi connectivity index (χ0v) is 12.9. The van der Waals surface area contributed by atoms with Crippen LogP contribution in [0.25, 0.3) is 0 Å². The monoisotopic (exact) mass is 305 g/mol. The van der Waals surface area contributed by atoms with E-state index in [-0.39, 0.29) is 24.0 Å². The Bertz CT molecular complexity index is 499. The number of amides is 1. The van der Waals surface area contributed by atoms with E-state index >= 15 is 0 Å². The molecule has 0 radical (unpaired) electrons. The molecule has 2 N–H and O–H groups in total. The number of rotatable bonds is 5. The van der Waals surface area contributed by atoms with E-state index in [0.717, 1.165) is 18.4 Å². The summed E-state index contributed by atoms with van der Waals surface area (Å²) in [5.41, 5.74) is 1.05. The van der Waals surface area contributed by atoms with E-state index in [1.165, 1.54) is 0 Å². The fourth-order valence-corrected chi connectivity index (χ4v) is 2.36. The molecule has 5 heteroatoms. The molecule has 1 aromatic carbocycles. The van der Waals surface area contributed by atoms with Crippen molar-refractivity contribution >= 4 is 17.7 Å². The Morgan fingerprint density at radius 1 is 1.27 bits per heavy atom. The molecular weight excluding hydrogens is 282 g/mol.